The molecule has 0 unspecified atom stereocenters. The Morgan fingerprint density at radius 1 is 1.29 bits per heavy atom. The van der Waals surface area contributed by atoms with E-state index in [-0.39, 0.29) is 0 Å². The summed E-state index contributed by atoms with van der Waals surface area (Å²) in [4.78, 5) is 2.63. The lowest BCUT2D eigenvalue weighted by Gasteiger charge is -2.35. The second kappa shape index (κ2) is 6.18. The Morgan fingerprint density at radius 3 is 2.71 bits per heavy atom. The van der Waals surface area contributed by atoms with Gasteiger partial charge in [0.05, 0.1) is 0 Å². The van der Waals surface area contributed by atoms with Crippen molar-refractivity contribution < 1.29 is 0 Å². The summed E-state index contributed by atoms with van der Waals surface area (Å²) in [5.74, 6) is 0. The van der Waals surface area contributed by atoms with Crippen LogP contribution in [-0.2, 0) is 0 Å². The van der Waals surface area contributed by atoms with Crippen LogP contribution in [0, 0.1) is 6.92 Å². The van der Waals surface area contributed by atoms with Crippen LogP contribution in [0.15, 0.2) is 24.3 Å². The quantitative estimate of drug-likeness (QED) is 0.858. The van der Waals surface area contributed by atoms with E-state index in [1.54, 1.807) is 0 Å². The maximum absolute atomic E-state index is 3.43. The molecule has 17 heavy (non-hydrogen) atoms. The highest BCUT2D eigenvalue weighted by molar-refractivity contribution is 5.25. The van der Waals surface area contributed by atoms with Gasteiger partial charge in [0, 0.05) is 32.2 Å². The summed E-state index contributed by atoms with van der Waals surface area (Å²) in [5, 5.41) is 3.43. The van der Waals surface area contributed by atoms with Crippen molar-refractivity contribution in [3.63, 3.8) is 0 Å². The van der Waals surface area contributed by atoms with E-state index < -0.39 is 0 Å². The van der Waals surface area contributed by atoms with Gasteiger partial charge >= 0.3 is 0 Å². The summed E-state index contributed by atoms with van der Waals surface area (Å²) in [7, 11) is 0. The van der Waals surface area contributed by atoms with Gasteiger partial charge in [0.1, 0.15) is 0 Å². The second-order valence-corrected chi connectivity index (χ2v) is 5.00. The first kappa shape index (κ1) is 12.6. The first-order chi connectivity index (χ1) is 8.31. The van der Waals surface area contributed by atoms with Gasteiger partial charge in [0.15, 0.2) is 0 Å². The fraction of sp³-hybridized carbons (Fsp3) is 0.600. The van der Waals surface area contributed by atoms with Crippen LogP contribution in [-0.4, -0.2) is 31.1 Å². The summed E-state index contributed by atoms with van der Waals surface area (Å²) in [6, 6.07) is 9.62. The molecule has 2 rings (SSSR count). The summed E-state index contributed by atoms with van der Waals surface area (Å²) in [6.07, 6.45) is 2.52. The summed E-state index contributed by atoms with van der Waals surface area (Å²) < 4.78 is 0. The predicted octanol–water partition coefficient (Wildman–Crippen LogP) is 2.74. The number of hydrogen-bond donors (Lipinski definition) is 1. The van der Waals surface area contributed by atoms with Crippen molar-refractivity contribution in [3.8, 4) is 0 Å². The fourth-order valence-corrected chi connectivity index (χ4v) is 2.70. The number of piperazine rings is 1. The second-order valence-electron chi connectivity index (χ2n) is 5.00. The average Bonchev–Trinajstić information content (AvgIpc) is 2.37. The minimum absolute atomic E-state index is 0.613. The molecule has 0 aromatic heterocycles. The molecule has 2 nitrogen and oxygen atoms in total. The highest BCUT2D eigenvalue weighted by Gasteiger charge is 2.21. The van der Waals surface area contributed by atoms with E-state index in [1.165, 1.54) is 37.1 Å². The number of rotatable bonds is 4. The van der Waals surface area contributed by atoms with Gasteiger partial charge < -0.3 is 5.32 Å². The number of aryl methyl sites for hydroxylation is 1. The Balaban J connectivity index is 2.15. The van der Waals surface area contributed by atoms with Gasteiger partial charge in [-0.3, -0.25) is 4.90 Å². The van der Waals surface area contributed by atoms with Crippen LogP contribution in [0.2, 0.25) is 0 Å². The minimum atomic E-state index is 0.613. The predicted molar refractivity (Wildman–Crippen MR) is 73.3 cm³/mol. The van der Waals surface area contributed by atoms with Crippen LogP contribution in [0.25, 0.3) is 0 Å². The van der Waals surface area contributed by atoms with E-state index in [0.29, 0.717) is 6.04 Å². The van der Waals surface area contributed by atoms with Crippen LogP contribution in [0.1, 0.15) is 36.9 Å². The molecule has 1 fully saturated rings. The molecule has 0 amide bonds. The minimum Gasteiger partial charge on any atom is -0.314 e. The molecular formula is C15H24N2. The van der Waals surface area contributed by atoms with Crippen molar-refractivity contribution in [2.75, 3.05) is 26.2 Å². The number of nitrogens with zero attached hydrogens (tertiary/aromatic N) is 1. The molecule has 0 saturated carbocycles. The highest BCUT2D eigenvalue weighted by Crippen LogP contribution is 2.26. The molecule has 2 heteroatoms. The van der Waals surface area contributed by atoms with E-state index in [0.717, 1.165) is 13.1 Å². The van der Waals surface area contributed by atoms with Crippen LogP contribution in [0.4, 0.5) is 0 Å². The van der Waals surface area contributed by atoms with Crippen molar-refractivity contribution in [3.05, 3.63) is 35.4 Å². The van der Waals surface area contributed by atoms with Gasteiger partial charge in [-0.1, -0.05) is 43.2 Å². The van der Waals surface area contributed by atoms with Crippen LogP contribution < -0.4 is 5.32 Å². The zero-order chi connectivity index (χ0) is 12.1. The van der Waals surface area contributed by atoms with E-state index in [1.807, 2.05) is 0 Å². The molecule has 0 aliphatic carbocycles. The lowest BCUT2D eigenvalue weighted by atomic mass is 9.98. The molecule has 1 heterocycles. The van der Waals surface area contributed by atoms with Gasteiger partial charge in [0.2, 0.25) is 0 Å². The van der Waals surface area contributed by atoms with Crippen molar-refractivity contribution in [1.29, 1.82) is 0 Å². The molecule has 1 atom stereocenters. The third-order valence-corrected chi connectivity index (χ3v) is 3.58. The Bertz CT molecular complexity index is 343. The van der Waals surface area contributed by atoms with Gasteiger partial charge in [-0.15, -0.1) is 0 Å². The van der Waals surface area contributed by atoms with Gasteiger partial charge in [0.25, 0.3) is 0 Å². The molecule has 1 aromatic rings. The Labute approximate surface area is 105 Å². The molecule has 1 aliphatic heterocycles. The largest absolute Gasteiger partial charge is 0.314 e. The first-order valence-electron chi connectivity index (χ1n) is 6.82. The normalized spacial score (nSPS) is 19.2. The monoisotopic (exact) mass is 232 g/mol. The Morgan fingerprint density at radius 2 is 2.06 bits per heavy atom. The molecular weight excluding hydrogens is 208 g/mol. The standard InChI is InChI=1S/C15H24N2/c1-3-5-15(17-10-8-16-9-11-17)14-7-4-6-13(2)12-14/h4,6-7,12,15-16H,3,5,8-11H2,1-2H3/t15-/m1/s1. The summed E-state index contributed by atoms with van der Waals surface area (Å²) in [5.41, 5.74) is 2.87. The summed E-state index contributed by atoms with van der Waals surface area (Å²) in [6.45, 7) is 9.09. The van der Waals surface area contributed by atoms with E-state index in [2.05, 4.69) is 48.3 Å². The van der Waals surface area contributed by atoms with Crippen LogP contribution >= 0.6 is 0 Å². The van der Waals surface area contributed by atoms with Crippen molar-refractivity contribution in [2.45, 2.75) is 32.7 Å². The maximum atomic E-state index is 3.43. The molecule has 94 valence electrons. The zero-order valence-electron chi connectivity index (χ0n) is 11.1. The zero-order valence-corrected chi connectivity index (χ0v) is 11.1. The summed E-state index contributed by atoms with van der Waals surface area (Å²) >= 11 is 0. The van der Waals surface area contributed by atoms with Gasteiger partial charge in [-0.05, 0) is 18.9 Å². The van der Waals surface area contributed by atoms with Gasteiger partial charge in [-0.2, -0.15) is 0 Å². The van der Waals surface area contributed by atoms with Crippen molar-refractivity contribution >= 4 is 0 Å². The van der Waals surface area contributed by atoms with Crippen molar-refractivity contribution in [2.24, 2.45) is 0 Å². The van der Waals surface area contributed by atoms with Gasteiger partial charge in [-0.25, -0.2) is 0 Å². The van der Waals surface area contributed by atoms with E-state index in [4.69, 9.17) is 0 Å². The first-order valence-corrected chi connectivity index (χ1v) is 6.82. The number of nitrogens with one attached hydrogen (secondary N) is 1. The smallest absolute Gasteiger partial charge is 0.0349 e. The fourth-order valence-electron chi connectivity index (χ4n) is 2.70. The maximum Gasteiger partial charge on any atom is 0.0349 e. The molecule has 1 N–H and O–H groups in total. The SMILES string of the molecule is CCC[C@H](c1cccc(C)c1)N1CCNCC1. The number of hydrogen-bond acceptors (Lipinski definition) is 2. The lowest BCUT2D eigenvalue weighted by Crippen LogP contribution is -2.45. The lowest BCUT2D eigenvalue weighted by molar-refractivity contribution is 0.164. The van der Waals surface area contributed by atoms with Crippen LogP contribution in [0.5, 0.6) is 0 Å². The third kappa shape index (κ3) is 3.30. The van der Waals surface area contributed by atoms with Crippen molar-refractivity contribution in [1.82, 2.24) is 10.2 Å². The van der Waals surface area contributed by atoms with E-state index >= 15 is 0 Å². The topological polar surface area (TPSA) is 15.3 Å². The van der Waals surface area contributed by atoms with E-state index in [9.17, 15) is 0 Å². The molecule has 1 aliphatic rings. The molecule has 1 aromatic carbocycles. The Hall–Kier alpha value is -0.860. The third-order valence-electron chi connectivity index (χ3n) is 3.58. The molecule has 0 bridgehead atoms. The highest BCUT2D eigenvalue weighted by atomic mass is 15.2. The Kier molecular flexibility index (Phi) is 4.57. The molecule has 0 radical (unpaired) electrons. The van der Waals surface area contributed by atoms with Crippen LogP contribution in [0.3, 0.4) is 0 Å². The molecule has 0 spiro atoms. The molecule has 1 saturated heterocycles. The number of benzene rings is 1. The average molecular weight is 232 g/mol.